The number of nitrogens with two attached hydrogens (primary N) is 1. The second-order valence-corrected chi connectivity index (χ2v) is 7.12. The van der Waals surface area contributed by atoms with Crippen LogP contribution in [0.3, 0.4) is 0 Å². The van der Waals surface area contributed by atoms with Crippen LogP contribution in [0.1, 0.15) is 17.0 Å². The maximum atomic E-state index is 12.5. The summed E-state index contributed by atoms with van der Waals surface area (Å²) in [6.45, 7) is 1.95. The van der Waals surface area contributed by atoms with Crippen molar-refractivity contribution in [1.29, 1.82) is 0 Å². The van der Waals surface area contributed by atoms with Gasteiger partial charge in [0.1, 0.15) is 5.82 Å². The molecule has 1 aliphatic rings. The highest BCUT2D eigenvalue weighted by Gasteiger charge is 2.27. The molecule has 2 heterocycles. The molecule has 0 aliphatic carbocycles. The van der Waals surface area contributed by atoms with Gasteiger partial charge in [-0.1, -0.05) is 24.3 Å². The summed E-state index contributed by atoms with van der Waals surface area (Å²) in [7, 11) is -3.33. The Labute approximate surface area is 124 Å². The second-order valence-electron chi connectivity index (χ2n) is 5.15. The third-order valence-electron chi connectivity index (χ3n) is 3.71. The van der Waals surface area contributed by atoms with Gasteiger partial charge in [-0.2, -0.15) is 4.31 Å². The van der Waals surface area contributed by atoms with Crippen LogP contribution >= 0.6 is 0 Å². The quantitative estimate of drug-likeness (QED) is 0.901. The van der Waals surface area contributed by atoms with Gasteiger partial charge in [0.05, 0.1) is 12.3 Å². The summed E-state index contributed by atoms with van der Waals surface area (Å²) in [5.41, 5.74) is 7.32. The lowest BCUT2D eigenvalue weighted by atomic mass is 10.1. The number of benzene rings is 1. The van der Waals surface area contributed by atoms with Gasteiger partial charge in [-0.15, -0.1) is 0 Å². The van der Waals surface area contributed by atoms with Crippen LogP contribution in [-0.4, -0.2) is 28.8 Å². The maximum absolute atomic E-state index is 12.5. The van der Waals surface area contributed by atoms with E-state index in [1.807, 2.05) is 35.0 Å². The first-order valence-corrected chi connectivity index (χ1v) is 8.45. The molecule has 6 nitrogen and oxygen atoms in total. The average molecular weight is 306 g/mol. The van der Waals surface area contributed by atoms with Gasteiger partial charge in [0.2, 0.25) is 10.0 Å². The first-order valence-electron chi connectivity index (χ1n) is 6.84. The molecule has 2 N–H and O–H groups in total. The van der Waals surface area contributed by atoms with Crippen LogP contribution in [-0.2, 0) is 35.4 Å². The molecule has 0 spiro atoms. The van der Waals surface area contributed by atoms with Crippen LogP contribution in [0.5, 0.6) is 0 Å². The minimum atomic E-state index is -3.33. The summed E-state index contributed by atoms with van der Waals surface area (Å²) < 4.78 is 28.5. The van der Waals surface area contributed by atoms with E-state index in [1.165, 1.54) is 4.31 Å². The molecule has 7 heteroatoms. The third-order valence-corrected chi connectivity index (χ3v) is 5.51. The fraction of sp³-hybridized carbons (Fsp3) is 0.357. The number of imidazole rings is 1. The van der Waals surface area contributed by atoms with Crippen LogP contribution in [0, 0.1) is 0 Å². The fourth-order valence-corrected chi connectivity index (χ4v) is 3.93. The number of hydrogen-bond donors (Lipinski definition) is 1. The maximum Gasteiger partial charge on any atom is 0.218 e. The Balaban J connectivity index is 1.75. The lowest BCUT2D eigenvalue weighted by Gasteiger charge is -2.27. The molecule has 0 saturated heterocycles. The number of rotatable bonds is 4. The first kappa shape index (κ1) is 14.2. The van der Waals surface area contributed by atoms with Crippen molar-refractivity contribution in [2.24, 2.45) is 5.73 Å². The first-order chi connectivity index (χ1) is 10.1. The van der Waals surface area contributed by atoms with E-state index in [9.17, 15) is 8.42 Å². The van der Waals surface area contributed by atoms with Crippen LogP contribution in [0.25, 0.3) is 0 Å². The monoisotopic (exact) mass is 306 g/mol. The van der Waals surface area contributed by atoms with E-state index in [-0.39, 0.29) is 5.75 Å². The number of hydrogen-bond acceptors (Lipinski definition) is 4. The predicted molar refractivity (Wildman–Crippen MR) is 79.6 cm³/mol. The highest BCUT2D eigenvalue weighted by Crippen LogP contribution is 2.18. The highest BCUT2D eigenvalue weighted by atomic mass is 32.2. The molecule has 0 amide bonds. The van der Waals surface area contributed by atoms with E-state index in [2.05, 4.69) is 4.98 Å². The van der Waals surface area contributed by atoms with E-state index >= 15 is 0 Å². The average Bonchev–Trinajstić information content (AvgIpc) is 2.95. The molecule has 1 aliphatic heterocycles. The van der Waals surface area contributed by atoms with Crippen molar-refractivity contribution >= 4 is 10.0 Å². The SMILES string of the molecule is NCc1ccc(CS(=O)(=O)N2CCn3ccnc3C2)cc1. The van der Waals surface area contributed by atoms with E-state index in [0.29, 0.717) is 26.2 Å². The van der Waals surface area contributed by atoms with E-state index in [4.69, 9.17) is 5.73 Å². The third kappa shape index (κ3) is 2.99. The standard InChI is InChI=1S/C14H18N4O2S/c15-9-12-1-3-13(4-2-12)11-21(19,20)18-8-7-17-6-5-16-14(17)10-18/h1-6H,7-11,15H2. The number of aromatic nitrogens is 2. The molecule has 1 aromatic carbocycles. The summed E-state index contributed by atoms with van der Waals surface area (Å²) in [5, 5.41) is 0. The van der Waals surface area contributed by atoms with Crippen molar-refractivity contribution in [2.45, 2.75) is 25.4 Å². The topological polar surface area (TPSA) is 81.2 Å². The van der Waals surface area contributed by atoms with Crippen molar-refractivity contribution in [1.82, 2.24) is 13.9 Å². The summed E-state index contributed by atoms with van der Waals surface area (Å²) >= 11 is 0. The Morgan fingerprint density at radius 3 is 2.57 bits per heavy atom. The Morgan fingerprint density at radius 2 is 1.86 bits per heavy atom. The summed E-state index contributed by atoms with van der Waals surface area (Å²) in [6.07, 6.45) is 3.59. The van der Waals surface area contributed by atoms with Gasteiger partial charge < -0.3 is 10.3 Å². The van der Waals surface area contributed by atoms with Crippen molar-refractivity contribution in [3.63, 3.8) is 0 Å². The van der Waals surface area contributed by atoms with E-state index < -0.39 is 10.0 Å². The van der Waals surface area contributed by atoms with Gasteiger partial charge in [0.15, 0.2) is 0 Å². The van der Waals surface area contributed by atoms with Gasteiger partial charge in [0, 0.05) is 32.0 Å². The summed E-state index contributed by atoms with van der Waals surface area (Å²) in [4.78, 5) is 4.19. The van der Waals surface area contributed by atoms with Crippen molar-refractivity contribution in [3.05, 3.63) is 53.6 Å². The molecule has 21 heavy (non-hydrogen) atoms. The predicted octanol–water partition coefficient (Wildman–Crippen LogP) is 0.687. The van der Waals surface area contributed by atoms with E-state index in [1.54, 1.807) is 6.20 Å². The molecule has 112 valence electrons. The lowest BCUT2D eigenvalue weighted by Crippen LogP contribution is -2.38. The molecule has 0 bridgehead atoms. The summed E-state index contributed by atoms with van der Waals surface area (Å²) in [5.74, 6) is 0.807. The van der Waals surface area contributed by atoms with Gasteiger partial charge in [-0.25, -0.2) is 13.4 Å². The largest absolute Gasteiger partial charge is 0.333 e. The number of sulfonamides is 1. The Morgan fingerprint density at radius 1 is 1.14 bits per heavy atom. The zero-order valence-electron chi connectivity index (χ0n) is 11.6. The smallest absolute Gasteiger partial charge is 0.218 e. The van der Waals surface area contributed by atoms with Gasteiger partial charge >= 0.3 is 0 Å². The summed E-state index contributed by atoms with van der Waals surface area (Å²) in [6, 6.07) is 7.39. The van der Waals surface area contributed by atoms with Crippen molar-refractivity contribution in [2.75, 3.05) is 6.54 Å². The molecule has 0 unspecified atom stereocenters. The second kappa shape index (κ2) is 5.59. The normalized spacial score (nSPS) is 15.9. The molecule has 0 fully saturated rings. The molecular weight excluding hydrogens is 288 g/mol. The molecular formula is C14H18N4O2S. The fourth-order valence-electron chi connectivity index (χ4n) is 2.46. The number of fused-ring (bicyclic) bond motifs is 1. The van der Waals surface area contributed by atoms with Crippen molar-refractivity contribution in [3.8, 4) is 0 Å². The van der Waals surface area contributed by atoms with Gasteiger partial charge in [-0.05, 0) is 11.1 Å². The molecule has 3 rings (SSSR count). The van der Waals surface area contributed by atoms with Crippen LogP contribution in [0.2, 0.25) is 0 Å². The zero-order valence-corrected chi connectivity index (χ0v) is 12.5. The van der Waals surface area contributed by atoms with Gasteiger partial charge in [0.25, 0.3) is 0 Å². The molecule has 0 saturated carbocycles. The molecule has 0 radical (unpaired) electrons. The minimum Gasteiger partial charge on any atom is -0.333 e. The van der Waals surface area contributed by atoms with E-state index in [0.717, 1.165) is 17.0 Å². The van der Waals surface area contributed by atoms with Crippen LogP contribution in [0.15, 0.2) is 36.7 Å². The molecule has 2 aromatic rings. The molecule has 0 atom stereocenters. The zero-order chi connectivity index (χ0) is 14.9. The molecule has 1 aromatic heterocycles. The van der Waals surface area contributed by atoms with Gasteiger partial charge in [-0.3, -0.25) is 0 Å². The van der Waals surface area contributed by atoms with Crippen molar-refractivity contribution < 1.29 is 8.42 Å². The van der Waals surface area contributed by atoms with Crippen LogP contribution in [0.4, 0.5) is 0 Å². The minimum absolute atomic E-state index is 0.0125. The Hall–Kier alpha value is -1.70. The lowest BCUT2D eigenvalue weighted by molar-refractivity contribution is 0.335. The van der Waals surface area contributed by atoms with Crippen LogP contribution < -0.4 is 5.73 Å². The Kier molecular flexibility index (Phi) is 3.79. The number of nitrogens with zero attached hydrogens (tertiary/aromatic N) is 3. The highest BCUT2D eigenvalue weighted by molar-refractivity contribution is 7.88. The Bertz CT molecular complexity index is 722.